The molecule has 0 saturated carbocycles. The van der Waals surface area contributed by atoms with Gasteiger partial charge in [0, 0.05) is 28.6 Å². The summed E-state index contributed by atoms with van der Waals surface area (Å²) in [6, 6.07) is 12.4. The van der Waals surface area contributed by atoms with Crippen LogP contribution in [0, 0.1) is 0 Å². The normalized spacial score (nSPS) is 15.4. The van der Waals surface area contributed by atoms with Gasteiger partial charge in [0.05, 0.1) is 22.8 Å². The number of rotatable bonds is 0. The molecule has 0 amide bonds. The van der Waals surface area contributed by atoms with Crippen LogP contribution in [-0.2, 0) is 29.1 Å². The molecule has 5 rings (SSSR count). The van der Waals surface area contributed by atoms with Crippen molar-refractivity contribution in [2.45, 2.75) is 84.5 Å². The van der Waals surface area contributed by atoms with Crippen LogP contribution < -0.4 is 0 Å². The monoisotopic (exact) mass is 468 g/mol. The van der Waals surface area contributed by atoms with Crippen LogP contribution in [0.15, 0.2) is 48.8 Å². The van der Waals surface area contributed by atoms with E-state index in [0.717, 1.165) is 47.3 Å². The van der Waals surface area contributed by atoms with Crippen LogP contribution in [0.3, 0.4) is 0 Å². The van der Waals surface area contributed by atoms with Gasteiger partial charge in [-0.3, -0.25) is 0 Å². The maximum atomic E-state index is 5.06. The number of hydrogen-bond donors (Lipinski definition) is 0. The van der Waals surface area contributed by atoms with Crippen LogP contribution in [0.4, 0.5) is 0 Å². The average molecular weight is 469 g/mol. The summed E-state index contributed by atoms with van der Waals surface area (Å²) in [6.45, 7) is 17.7. The fourth-order valence-corrected chi connectivity index (χ4v) is 4.88. The number of aryl methyl sites for hydroxylation is 2. The third-order valence-electron chi connectivity index (χ3n) is 6.88. The van der Waals surface area contributed by atoms with Crippen molar-refractivity contribution in [3.63, 3.8) is 0 Å². The number of hydrogen-bond acceptors (Lipinski definition) is 4. The standard InChI is InChI=1S/C29H36N6/c1-27(2,3)25-19-15-16-20-18-35(33-26(20)28(4,5)6)24-14-10-12-22(31-24)29(7,8)21-11-9-13-23(30-21)34(17-19)32-25/h9-14,17-18H,15-16H2,1-8H3. The highest BCUT2D eigenvalue weighted by Crippen LogP contribution is 2.33. The number of nitrogens with zero attached hydrogens (tertiary/aromatic N) is 6. The van der Waals surface area contributed by atoms with E-state index in [0.29, 0.717) is 0 Å². The summed E-state index contributed by atoms with van der Waals surface area (Å²) in [4.78, 5) is 10.1. The molecule has 0 radical (unpaired) electrons. The first-order valence-electron chi connectivity index (χ1n) is 12.5. The molecule has 0 saturated heterocycles. The molecule has 6 heteroatoms. The highest BCUT2D eigenvalue weighted by molar-refractivity contribution is 5.39. The molecular formula is C29H36N6. The molecule has 0 aliphatic carbocycles. The van der Waals surface area contributed by atoms with Crippen molar-refractivity contribution < 1.29 is 0 Å². The van der Waals surface area contributed by atoms with E-state index < -0.39 is 5.41 Å². The zero-order valence-electron chi connectivity index (χ0n) is 22.2. The first-order valence-corrected chi connectivity index (χ1v) is 12.5. The Bertz CT molecular complexity index is 1290. The van der Waals surface area contributed by atoms with Crippen molar-refractivity contribution in [2.24, 2.45) is 0 Å². The van der Waals surface area contributed by atoms with E-state index in [2.05, 4.69) is 92.0 Å². The summed E-state index contributed by atoms with van der Waals surface area (Å²) < 4.78 is 3.90. The zero-order valence-corrected chi connectivity index (χ0v) is 22.2. The van der Waals surface area contributed by atoms with Gasteiger partial charge in [-0.2, -0.15) is 10.2 Å². The Hall–Kier alpha value is -3.28. The van der Waals surface area contributed by atoms with Crippen molar-refractivity contribution in [3.05, 3.63) is 82.7 Å². The number of aromatic nitrogens is 6. The van der Waals surface area contributed by atoms with E-state index >= 15 is 0 Å². The first kappa shape index (κ1) is 23.5. The Morgan fingerprint density at radius 1 is 0.657 bits per heavy atom. The van der Waals surface area contributed by atoms with Crippen LogP contribution >= 0.6 is 0 Å². The van der Waals surface area contributed by atoms with Crippen molar-refractivity contribution in [2.75, 3.05) is 0 Å². The fraction of sp³-hybridized carbons (Fsp3) is 0.448. The van der Waals surface area contributed by atoms with Gasteiger partial charge in [0.25, 0.3) is 0 Å². The third-order valence-corrected chi connectivity index (χ3v) is 6.88. The molecule has 0 N–H and O–H groups in total. The molecule has 8 bridgehead atoms. The smallest absolute Gasteiger partial charge is 0.153 e. The molecule has 0 atom stereocenters. The van der Waals surface area contributed by atoms with Crippen molar-refractivity contribution in [3.8, 4) is 11.6 Å². The summed E-state index contributed by atoms with van der Waals surface area (Å²) in [5, 5.41) is 10.1. The van der Waals surface area contributed by atoms with Gasteiger partial charge in [-0.25, -0.2) is 19.3 Å². The summed E-state index contributed by atoms with van der Waals surface area (Å²) >= 11 is 0. The molecule has 5 heterocycles. The molecule has 6 nitrogen and oxygen atoms in total. The van der Waals surface area contributed by atoms with Crippen LogP contribution in [-0.4, -0.2) is 29.5 Å². The Balaban J connectivity index is 1.77. The Morgan fingerprint density at radius 2 is 1.06 bits per heavy atom. The lowest BCUT2D eigenvalue weighted by Crippen LogP contribution is -2.23. The van der Waals surface area contributed by atoms with E-state index in [-0.39, 0.29) is 10.8 Å². The largest absolute Gasteiger partial charge is 0.233 e. The van der Waals surface area contributed by atoms with E-state index in [9.17, 15) is 0 Å². The van der Waals surface area contributed by atoms with Crippen molar-refractivity contribution >= 4 is 0 Å². The fourth-order valence-electron chi connectivity index (χ4n) is 4.88. The minimum Gasteiger partial charge on any atom is -0.233 e. The second kappa shape index (κ2) is 7.87. The minimum atomic E-state index is -0.391. The highest BCUT2D eigenvalue weighted by Gasteiger charge is 2.30. The van der Waals surface area contributed by atoms with E-state index in [1.807, 2.05) is 21.5 Å². The van der Waals surface area contributed by atoms with Gasteiger partial charge in [-0.1, -0.05) is 53.7 Å². The molecule has 0 aromatic carbocycles. The molecule has 0 spiro atoms. The molecule has 1 aliphatic rings. The topological polar surface area (TPSA) is 61.4 Å². The second-order valence-corrected chi connectivity index (χ2v) is 12.3. The van der Waals surface area contributed by atoms with Crippen molar-refractivity contribution in [1.29, 1.82) is 0 Å². The van der Waals surface area contributed by atoms with Gasteiger partial charge in [0.15, 0.2) is 11.6 Å². The predicted molar refractivity (Wildman–Crippen MR) is 140 cm³/mol. The SMILES string of the molecule is CC(C)(C)c1nn2cc1CCc1cn(nc1C(C)(C)C)-c1cccc(n1)C(C)(C)c1cccc-2n1. The molecular weight excluding hydrogens is 432 g/mol. The first-order chi connectivity index (χ1) is 16.3. The average Bonchev–Trinajstić information content (AvgIpc) is 3.42. The van der Waals surface area contributed by atoms with Gasteiger partial charge < -0.3 is 0 Å². The van der Waals surface area contributed by atoms with Gasteiger partial charge in [0.2, 0.25) is 0 Å². The van der Waals surface area contributed by atoms with Crippen molar-refractivity contribution in [1.82, 2.24) is 29.5 Å². The van der Waals surface area contributed by atoms with E-state index in [1.165, 1.54) is 11.1 Å². The summed E-state index contributed by atoms with van der Waals surface area (Å²) in [7, 11) is 0. The Kier molecular flexibility index (Phi) is 5.28. The van der Waals surface area contributed by atoms with E-state index in [1.54, 1.807) is 0 Å². The van der Waals surface area contributed by atoms with Crippen LogP contribution in [0.1, 0.15) is 89.3 Å². The molecule has 4 aromatic heterocycles. The van der Waals surface area contributed by atoms with E-state index in [4.69, 9.17) is 20.2 Å². The number of pyridine rings is 2. The minimum absolute atomic E-state index is 0.0682. The molecule has 0 fully saturated rings. The predicted octanol–water partition coefficient (Wildman–Crippen LogP) is 5.87. The Labute approximate surface area is 208 Å². The summed E-state index contributed by atoms with van der Waals surface area (Å²) in [6.07, 6.45) is 6.11. The second-order valence-electron chi connectivity index (χ2n) is 12.3. The lowest BCUT2D eigenvalue weighted by atomic mass is 9.84. The lowest BCUT2D eigenvalue weighted by molar-refractivity contribution is 0.548. The van der Waals surface area contributed by atoms with Crippen LogP contribution in [0.2, 0.25) is 0 Å². The van der Waals surface area contributed by atoms with Crippen LogP contribution in [0.5, 0.6) is 0 Å². The highest BCUT2D eigenvalue weighted by atomic mass is 15.3. The zero-order chi connectivity index (χ0) is 25.2. The summed E-state index contributed by atoms with van der Waals surface area (Å²) in [5.74, 6) is 1.67. The number of fused-ring (bicyclic) bond motifs is 10. The van der Waals surface area contributed by atoms with Gasteiger partial charge >= 0.3 is 0 Å². The molecule has 0 unspecified atom stereocenters. The quantitative estimate of drug-likeness (QED) is 0.324. The molecule has 4 aromatic rings. The third kappa shape index (κ3) is 4.19. The van der Waals surface area contributed by atoms with Gasteiger partial charge in [-0.15, -0.1) is 0 Å². The Morgan fingerprint density at radius 3 is 1.43 bits per heavy atom. The van der Waals surface area contributed by atoms with Crippen LogP contribution in [0.25, 0.3) is 11.6 Å². The maximum Gasteiger partial charge on any atom is 0.153 e. The summed E-state index contributed by atoms with van der Waals surface area (Å²) in [5.41, 5.74) is 6.14. The lowest BCUT2D eigenvalue weighted by Gasteiger charge is -2.24. The molecule has 1 aliphatic heterocycles. The molecule has 182 valence electrons. The van der Waals surface area contributed by atoms with Gasteiger partial charge in [-0.05, 0) is 62.1 Å². The van der Waals surface area contributed by atoms with Gasteiger partial charge in [0.1, 0.15) is 0 Å². The molecule has 35 heavy (non-hydrogen) atoms. The maximum absolute atomic E-state index is 5.06.